The lowest BCUT2D eigenvalue weighted by Crippen LogP contribution is -2.08. The fourth-order valence-electron chi connectivity index (χ4n) is 1.67. The molecule has 0 aliphatic rings. The van der Waals surface area contributed by atoms with Gasteiger partial charge in [0.2, 0.25) is 0 Å². The Morgan fingerprint density at radius 3 is 2.78 bits per heavy atom. The Kier molecular flexibility index (Phi) is 3.87. The number of benzene rings is 1. The molecular formula is C12H13F3N2S. The van der Waals surface area contributed by atoms with Gasteiger partial charge >= 0.3 is 6.18 Å². The molecule has 0 saturated carbocycles. The number of nitrogens with zero attached hydrogens (tertiary/aromatic N) is 1. The zero-order valence-electron chi connectivity index (χ0n) is 9.84. The van der Waals surface area contributed by atoms with Gasteiger partial charge in [0, 0.05) is 6.42 Å². The van der Waals surface area contributed by atoms with Crippen LogP contribution in [0.3, 0.4) is 0 Å². The number of nitrogens with one attached hydrogen (secondary N) is 1. The highest BCUT2D eigenvalue weighted by Crippen LogP contribution is 2.32. The molecule has 98 valence electrons. The Labute approximate surface area is 107 Å². The van der Waals surface area contributed by atoms with Gasteiger partial charge < -0.3 is 5.32 Å². The van der Waals surface area contributed by atoms with E-state index in [1.54, 1.807) is 0 Å². The molecule has 0 aliphatic heterocycles. The average molecular weight is 274 g/mol. The van der Waals surface area contributed by atoms with Crippen molar-refractivity contribution in [2.24, 2.45) is 0 Å². The highest BCUT2D eigenvalue weighted by Gasteiger charge is 2.30. The topological polar surface area (TPSA) is 24.9 Å². The summed E-state index contributed by atoms with van der Waals surface area (Å²) in [5.74, 6) is 0. The van der Waals surface area contributed by atoms with Gasteiger partial charge in [-0.3, -0.25) is 0 Å². The quantitative estimate of drug-likeness (QED) is 0.864. The van der Waals surface area contributed by atoms with Crippen molar-refractivity contribution >= 4 is 21.6 Å². The summed E-state index contributed by atoms with van der Waals surface area (Å²) in [6.07, 6.45) is -2.58. The fraction of sp³-hybridized carbons (Fsp3) is 0.417. The lowest BCUT2D eigenvalue weighted by molar-refractivity contribution is -0.137. The number of hydrogen-bond donors (Lipinski definition) is 1. The van der Waals surface area contributed by atoms with E-state index in [2.05, 4.69) is 10.3 Å². The third-order valence-electron chi connectivity index (χ3n) is 2.58. The molecule has 2 rings (SSSR count). The Balaban J connectivity index is 2.23. The Morgan fingerprint density at radius 2 is 2.11 bits per heavy atom. The molecular weight excluding hydrogens is 261 g/mol. The van der Waals surface area contributed by atoms with Crippen LogP contribution in [0, 0.1) is 0 Å². The third-order valence-corrected chi connectivity index (χ3v) is 3.67. The zero-order valence-corrected chi connectivity index (χ0v) is 10.7. The summed E-state index contributed by atoms with van der Waals surface area (Å²) in [5.41, 5.74) is -0.198. The normalized spacial score (nSPS) is 12.2. The van der Waals surface area contributed by atoms with Crippen molar-refractivity contribution in [1.82, 2.24) is 10.3 Å². The van der Waals surface area contributed by atoms with Crippen LogP contribution in [0.25, 0.3) is 10.2 Å². The standard InChI is InChI=1S/C12H13F3N2S/c1-16-6-2-3-11-17-9-7-8(12(13,14)15)4-5-10(9)18-11/h4-5,7,16H,2-3,6H2,1H3. The van der Waals surface area contributed by atoms with Crippen molar-refractivity contribution in [1.29, 1.82) is 0 Å². The molecule has 1 heterocycles. The first-order valence-electron chi connectivity index (χ1n) is 5.62. The SMILES string of the molecule is CNCCCc1nc2cc(C(F)(F)F)ccc2s1. The van der Waals surface area contributed by atoms with E-state index in [4.69, 9.17) is 0 Å². The number of aryl methyl sites for hydroxylation is 1. The maximum atomic E-state index is 12.5. The van der Waals surface area contributed by atoms with Gasteiger partial charge in [-0.1, -0.05) is 0 Å². The van der Waals surface area contributed by atoms with Crippen LogP contribution in [-0.4, -0.2) is 18.6 Å². The van der Waals surface area contributed by atoms with Crippen LogP contribution in [0.15, 0.2) is 18.2 Å². The number of fused-ring (bicyclic) bond motifs is 1. The summed E-state index contributed by atoms with van der Waals surface area (Å²) < 4.78 is 38.4. The molecule has 2 nitrogen and oxygen atoms in total. The van der Waals surface area contributed by atoms with E-state index in [0.717, 1.165) is 41.2 Å². The molecule has 2 aromatic rings. The third kappa shape index (κ3) is 3.00. The van der Waals surface area contributed by atoms with Crippen molar-refractivity contribution in [2.45, 2.75) is 19.0 Å². The second kappa shape index (κ2) is 5.24. The molecule has 18 heavy (non-hydrogen) atoms. The lowest BCUT2D eigenvalue weighted by atomic mass is 10.2. The van der Waals surface area contributed by atoms with Gasteiger partial charge in [0.15, 0.2) is 0 Å². The van der Waals surface area contributed by atoms with Crippen molar-refractivity contribution < 1.29 is 13.2 Å². The van der Waals surface area contributed by atoms with Gasteiger partial charge in [0.25, 0.3) is 0 Å². The van der Waals surface area contributed by atoms with Gasteiger partial charge in [-0.2, -0.15) is 13.2 Å². The monoisotopic (exact) mass is 274 g/mol. The van der Waals surface area contributed by atoms with E-state index in [-0.39, 0.29) is 0 Å². The first-order valence-corrected chi connectivity index (χ1v) is 6.43. The molecule has 0 unspecified atom stereocenters. The maximum absolute atomic E-state index is 12.5. The summed E-state index contributed by atoms with van der Waals surface area (Å²) in [4.78, 5) is 4.25. The molecule has 0 atom stereocenters. The van der Waals surface area contributed by atoms with Crippen LogP contribution in [0.2, 0.25) is 0 Å². The molecule has 1 aromatic carbocycles. The molecule has 0 saturated heterocycles. The first kappa shape index (κ1) is 13.3. The van der Waals surface area contributed by atoms with Crippen LogP contribution in [0.4, 0.5) is 13.2 Å². The predicted octanol–water partition coefficient (Wildman–Crippen LogP) is 3.47. The second-order valence-electron chi connectivity index (χ2n) is 3.99. The lowest BCUT2D eigenvalue weighted by Gasteiger charge is -2.04. The van der Waals surface area contributed by atoms with E-state index in [1.165, 1.54) is 17.4 Å². The second-order valence-corrected chi connectivity index (χ2v) is 5.11. The Morgan fingerprint density at radius 1 is 1.33 bits per heavy atom. The summed E-state index contributed by atoms with van der Waals surface area (Å²) >= 11 is 1.46. The molecule has 0 fully saturated rings. The molecule has 0 spiro atoms. The van der Waals surface area contributed by atoms with E-state index < -0.39 is 11.7 Å². The molecule has 0 radical (unpaired) electrons. The fourth-order valence-corrected chi connectivity index (χ4v) is 2.66. The minimum absolute atomic E-state index is 0.439. The number of rotatable bonds is 4. The number of alkyl halides is 3. The largest absolute Gasteiger partial charge is 0.416 e. The highest BCUT2D eigenvalue weighted by molar-refractivity contribution is 7.18. The molecule has 0 bridgehead atoms. The summed E-state index contributed by atoms with van der Waals surface area (Å²) in [7, 11) is 1.87. The number of hydrogen-bond acceptors (Lipinski definition) is 3. The van der Waals surface area contributed by atoms with Crippen LogP contribution in [0.1, 0.15) is 17.0 Å². The van der Waals surface area contributed by atoms with Crippen LogP contribution < -0.4 is 5.32 Å². The zero-order chi connectivity index (χ0) is 13.2. The number of halogens is 3. The molecule has 0 amide bonds. The summed E-state index contributed by atoms with van der Waals surface area (Å²) in [6.45, 7) is 0.879. The van der Waals surface area contributed by atoms with Crippen molar-refractivity contribution in [2.75, 3.05) is 13.6 Å². The van der Waals surface area contributed by atoms with Gasteiger partial charge in [-0.25, -0.2) is 4.98 Å². The van der Waals surface area contributed by atoms with Gasteiger partial charge in [0.05, 0.1) is 20.8 Å². The first-order chi connectivity index (χ1) is 8.50. The smallest absolute Gasteiger partial charge is 0.320 e. The van der Waals surface area contributed by atoms with Crippen molar-refractivity contribution in [3.8, 4) is 0 Å². The van der Waals surface area contributed by atoms with E-state index in [9.17, 15) is 13.2 Å². The maximum Gasteiger partial charge on any atom is 0.416 e. The van der Waals surface area contributed by atoms with Crippen LogP contribution in [0.5, 0.6) is 0 Å². The predicted molar refractivity (Wildman–Crippen MR) is 66.9 cm³/mol. The summed E-state index contributed by atoms with van der Waals surface area (Å²) in [5, 5.41) is 3.92. The van der Waals surface area contributed by atoms with E-state index in [0.29, 0.717) is 5.52 Å². The van der Waals surface area contributed by atoms with Gasteiger partial charge in [-0.15, -0.1) is 11.3 Å². The minimum atomic E-state index is -4.30. The molecule has 0 aliphatic carbocycles. The Hall–Kier alpha value is -1.14. The number of thiazole rings is 1. The summed E-state index contributed by atoms with van der Waals surface area (Å²) in [6, 6.07) is 3.72. The van der Waals surface area contributed by atoms with Crippen molar-refractivity contribution in [3.05, 3.63) is 28.8 Å². The van der Waals surface area contributed by atoms with Crippen LogP contribution in [-0.2, 0) is 12.6 Å². The Bertz CT molecular complexity index is 534. The average Bonchev–Trinajstić information content (AvgIpc) is 2.69. The molecule has 6 heteroatoms. The van der Waals surface area contributed by atoms with Gasteiger partial charge in [0.1, 0.15) is 0 Å². The molecule has 1 aromatic heterocycles. The van der Waals surface area contributed by atoms with Crippen molar-refractivity contribution in [3.63, 3.8) is 0 Å². The van der Waals surface area contributed by atoms with Gasteiger partial charge in [-0.05, 0) is 38.2 Å². The van der Waals surface area contributed by atoms with Crippen LogP contribution >= 0.6 is 11.3 Å². The van der Waals surface area contributed by atoms with E-state index in [1.807, 2.05) is 7.05 Å². The highest BCUT2D eigenvalue weighted by atomic mass is 32.1. The van der Waals surface area contributed by atoms with E-state index >= 15 is 0 Å². The minimum Gasteiger partial charge on any atom is -0.320 e. The number of aromatic nitrogens is 1. The molecule has 1 N–H and O–H groups in total.